The van der Waals surface area contributed by atoms with Gasteiger partial charge >= 0.3 is 5.76 Å². The standard InChI is InChI=1S/C17H21NO5/c1-2-18-13-11-12(3-4-14(13)23-15(18)19)16(20)5-7-17(8-6-16)21-9-10-22-17/h3-4,11,20H,2,5-10H2,1H3. The second-order valence-corrected chi connectivity index (χ2v) is 6.43. The Morgan fingerprint density at radius 3 is 2.52 bits per heavy atom. The number of aryl methyl sites for hydroxylation is 1. The minimum Gasteiger partial charge on any atom is -0.408 e. The molecule has 1 aliphatic heterocycles. The van der Waals surface area contributed by atoms with Crippen LogP contribution in [0, 0.1) is 0 Å². The molecule has 2 heterocycles. The first kappa shape index (κ1) is 14.9. The van der Waals surface area contributed by atoms with Crippen molar-refractivity contribution in [2.45, 2.75) is 50.5 Å². The van der Waals surface area contributed by atoms with Crippen molar-refractivity contribution in [1.29, 1.82) is 0 Å². The summed E-state index contributed by atoms with van der Waals surface area (Å²) in [5, 5.41) is 11.1. The molecule has 0 atom stereocenters. The first-order valence-electron chi connectivity index (χ1n) is 8.19. The lowest BCUT2D eigenvalue weighted by atomic mass is 9.77. The molecular formula is C17H21NO5. The van der Waals surface area contributed by atoms with E-state index in [0.717, 1.165) is 11.1 Å². The summed E-state index contributed by atoms with van der Waals surface area (Å²) in [6.07, 6.45) is 2.50. The van der Waals surface area contributed by atoms with E-state index in [1.807, 2.05) is 19.1 Å². The third-order valence-corrected chi connectivity index (χ3v) is 5.17. The van der Waals surface area contributed by atoms with E-state index in [0.29, 0.717) is 51.0 Å². The Kier molecular flexibility index (Phi) is 3.37. The SMILES string of the molecule is CCn1c(=O)oc2ccc(C3(O)CCC4(CC3)OCCO4)cc21. The molecule has 1 aromatic heterocycles. The van der Waals surface area contributed by atoms with Crippen LogP contribution in [0.25, 0.3) is 11.1 Å². The molecule has 6 heteroatoms. The highest BCUT2D eigenvalue weighted by Gasteiger charge is 2.46. The van der Waals surface area contributed by atoms with E-state index in [4.69, 9.17) is 13.9 Å². The number of ether oxygens (including phenoxy) is 2. The summed E-state index contributed by atoms with van der Waals surface area (Å²) in [6.45, 7) is 3.69. The second kappa shape index (κ2) is 5.19. The number of nitrogens with zero attached hydrogens (tertiary/aromatic N) is 1. The quantitative estimate of drug-likeness (QED) is 0.918. The molecule has 4 rings (SSSR count). The molecule has 1 N–H and O–H groups in total. The smallest absolute Gasteiger partial charge is 0.408 e. The Hall–Kier alpha value is -1.63. The van der Waals surface area contributed by atoms with E-state index < -0.39 is 11.4 Å². The lowest BCUT2D eigenvalue weighted by molar-refractivity contribution is -0.204. The maximum atomic E-state index is 11.8. The van der Waals surface area contributed by atoms with Gasteiger partial charge in [0.1, 0.15) is 0 Å². The summed E-state index contributed by atoms with van der Waals surface area (Å²) >= 11 is 0. The van der Waals surface area contributed by atoms with Gasteiger partial charge in [-0.3, -0.25) is 4.57 Å². The normalized spacial score (nSPS) is 22.9. The predicted octanol–water partition coefficient (Wildman–Crippen LogP) is 2.12. The third kappa shape index (κ3) is 2.33. The molecule has 2 aliphatic rings. The van der Waals surface area contributed by atoms with Gasteiger partial charge in [-0.05, 0) is 37.5 Å². The summed E-state index contributed by atoms with van der Waals surface area (Å²) in [7, 11) is 0. The van der Waals surface area contributed by atoms with Gasteiger partial charge in [-0.1, -0.05) is 6.07 Å². The molecule has 1 saturated heterocycles. The molecule has 0 unspecified atom stereocenters. The van der Waals surface area contributed by atoms with E-state index >= 15 is 0 Å². The van der Waals surface area contributed by atoms with Gasteiger partial charge in [0, 0.05) is 19.4 Å². The van der Waals surface area contributed by atoms with Crippen molar-refractivity contribution in [1.82, 2.24) is 4.57 Å². The topological polar surface area (TPSA) is 73.8 Å². The molecule has 0 bridgehead atoms. The van der Waals surface area contributed by atoms with Crippen LogP contribution in [0.4, 0.5) is 0 Å². The average molecular weight is 319 g/mol. The number of hydrogen-bond donors (Lipinski definition) is 1. The zero-order valence-electron chi connectivity index (χ0n) is 13.2. The zero-order valence-corrected chi connectivity index (χ0v) is 13.2. The lowest BCUT2D eigenvalue weighted by Crippen LogP contribution is -2.42. The molecule has 0 radical (unpaired) electrons. The van der Waals surface area contributed by atoms with E-state index in [9.17, 15) is 9.90 Å². The number of oxazole rings is 1. The molecule has 1 saturated carbocycles. The minimum atomic E-state index is -0.916. The maximum absolute atomic E-state index is 11.8. The maximum Gasteiger partial charge on any atom is 0.419 e. The van der Waals surface area contributed by atoms with Crippen LogP contribution in [0.2, 0.25) is 0 Å². The monoisotopic (exact) mass is 319 g/mol. The van der Waals surface area contributed by atoms with Gasteiger partial charge in [-0.15, -0.1) is 0 Å². The van der Waals surface area contributed by atoms with Gasteiger partial charge in [-0.25, -0.2) is 4.79 Å². The first-order valence-corrected chi connectivity index (χ1v) is 8.19. The van der Waals surface area contributed by atoms with E-state index in [2.05, 4.69) is 0 Å². The summed E-state index contributed by atoms with van der Waals surface area (Å²) in [5.41, 5.74) is 1.19. The molecule has 0 amide bonds. The van der Waals surface area contributed by atoms with Crippen molar-refractivity contribution in [3.8, 4) is 0 Å². The van der Waals surface area contributed by atoms with Gasteiger partial charge in [0.2, 0.25) is 0 Å². The van der Waals surface area contributed by atoms with Crippen molar-refractivity contribution < 1.29 is 19.0 Å². The second-order valence-electron chi connectivity index (χ2n) is 6.43. The first-order chi connectivity index (χ1) is 11.1. The molecule has 1 aliphatic carbocycles. The molecule has 124 valence electrons. The van der Waals surface area contributed by atoms with Gasteiger partial charge < -0.3 is 19.0 Å². The molecule has 6 nitrogen and oxygen atoms in total. The number of aliphatic hydroxyl groups is 1. The van der Waals surface area contributed by atoms with Crippen LogP contribution in [0.1, 0.15) is 38.2 Å². The Labute approximate surface area is 133 Å². The van der Waals surface area contributed by atoms with Crippen molar-refractivity contribution in [3.05, 3.63) is 34.3 Å². The average Bonchev–Trinajstić information content (AvgIpc) is 3.13. The van der Waals surface area contributed by atoms with Crippen LogP contribution >= 0.6 is 0 Å². The van der Waals surface area contributed by atoms with Gasteiger partial charge in [0.15, 0.2) is 11.4 Å². The molecule has 1 aromatic carbocycles. The molecular weight excluding hydrogens is 298 g/mol. The van der Waals surface area contributed by atoms with E-state index in [1.165, 1.54) is 0 Å². The number of benzene rings is 1. The summed E-state index contributed by atoms with van der Waals surface area (Å²) in [4.78, 5) is 11.8. The van der Waals surface area contributed by atoms with E-state index in [1.54, 1.807) is 10.6 Å². The zero-order chi connectivity index (χ0) is 16.1. The number of aromatic nitrogens is 1. The fraction of sp³-hybridized carbons (Fsp3) is 0.588. The Morgan fingerprint density at radius 2 is 1.87 bits per heavy atom. The van der Waals surface area contributed by atoms with Crippen molar-refractivity contribution in [3.63, 3.8) is 0 Å². The molecule has 2 fully saturated rings. The van der Waals surface area contributed by atoms with Crippen molar-refractivity contribution in [2.75, 3.05) is 13.2 Å². The molecule has 1 spiro atoms. The van der Waals surface area contributed by atoms with Crippen LogP contribution in [0.5, 0.6) is 0 Å². The molecule has 2 aromatic rings. The van der Waals surface area contributed by atoms with Gasteiger partial charge in [-0.2, -0.15) is 0 Å². The number of rotatable bonds is 2. The Balaban J connectivity index is 1.67. The van der Waals surface area contributed by atoms with Crippen LogP contribution in [-0.4, -0.2) is 28.7 Å². The summed E-state index contributed by atoms with van der Waals surface area (Å²) < 4.78 is 18.3. The highest BCUT2D eigenvalue weighted by atomic mass is 16.7. The van der Waals surface area contributed by atoms with Crippen LogP contribution in [-0.2, 0) is 21.6 Å². The van der Waals surface area contributed by atoms with Crippen LogP contribution < -0.4 is 5.76 Å². The summed E-state index contributed by atoms with van der Waals surface area (Å²) in [5.74, 6) is -0.862. The lowest BCUT2D eigenvalue weighted by Gasteiger charge is -2.40. The largest absolute Gasteiger partial charge is 0.419 e. The van der Waals surface area contributed by atoms with Crippen LogP contribution in [0.3, 0.4) is 0 Å². The minimum absolute atomic E-state index is 0.359. The van der Waals surface area contributed by atoms with Crippen molar-refractivity contribution in [2.24, 2.45) is 0 Å². The third-order valence-electron chi connectivity index (χ3n) is 5.17. The number of fused-ring (bicyclic) bond motifs is 1. The Bertz CT molecular complexity index is 774. The van der Waals surface area contributed by atoms with Gasteiger partial charge in [0.25, 0.3) is 0 Å². The molecule has 23 heavy (non-hydrogen) atoms. The fourth-order valence-electron chi connectivity index (χ4n) is 3.77. The summed E-state index contributed by atoms with van der Waals surface area (Å²) in [6, 6.07) is 5.49. The van der Waals surface area contributed by atoms with Crippen molar-refractivity contribution >= 4 is 11.1 Å². The van der Waals surface area contributed by atoms with E-state index in [-0.39, 0.29) is 5.76 Å². The highest BCUT2D eigenvalue weighted by molar-refractivity contribution is 5.74. The fourth-order valence-corrected chi connectivity index (χ4v) is 3.77. The Morgan fingerprint density at radius 1 is 1.17 bits per heavy atom. The van der Waals surface area contributed by atoms with Gasteiger partial charge in [0.05, 0.1) is 24.3 Å². The number of hydrogen-bond acceptors (Lipinski definition) is 5. The highest BCUT2D eigenvalue weighted by Crippen LogP contribution is 2.45. The van der Waals surface area contributed by atoms with Crippen LogP contribution in [0.15, 0.2) is 27.4 Å². The predicted molar refractivity (Wildman–Crippen MR) is 83.1 cm³/mol.